The van der Waals surface area contributed by atoms with Crippen LogP contribution in [0.15, 0.2) is 24.5 Å². The summed E-state index contributed by atoms with van der Waals surface area (Å²) in [5.74, 6) is 0.343. The number of carbonyl (C=O) groups is 1. The highest BCUT2D eigenvalue weighted by Gasteiger charge is 2.30. The van der Waals surface area contributed by atoms with Gasteiger partial charge in [0.05, 0.1) is 11.8 Å². The maximum atomic E-state index is 12.5. The van der Waals surface area contributed by atoms with E-state index in [-0.39, 0.29) is 31.4 Å². The van der Waals surface area contributed by atoms with Crippen molar-refractivity contribution in [1.29, 1.82) is 0 Å². The van der Waals surface area contributed by atoms with Crippen LogP contribution in [-0.2, 0) is 16.7 Å². The van der Waals surface area contributed by atoms with E-state index in [1.807, 2.05) is 43.7 Å². The number of ether oxygens (including phenoxy) is 1. The molecule has 11 nitrogen and oxygen atoms in total. The number of para-hydroxylation sites is 1. The molecule has 11 heteroatoms. The van der Waals surface area contributed by atoms with E-state index in [2.05, 4.69) is 15.6 Å². The highest BCUT2D eigenvalue weighted by molar-refractivity contribution is 5.81. The number of amides is 1. The van der Waals surface area contributed by atoms with E-state index in [1.165, 1.54) is 0 Å². The van der Waals surface area contributed by atoms with Crippen LogP contribution in [0.2, 0.25) is 0 Å². The summed E-state index contributed by atoms with van der Waals surface area (Å²) >= 11 is 0. The van der Waals surface area contributed by atoms with Crippen LogP contribution in [-0.4, -0.2) is 63.1 Å². The Hall–Kier alpha value is -2.92. The molecule has 1 heterocycles. The molecular weight excluding hydrogens is 442 g/mol. The van der Waals surface area contributed by atoms with Gasteiger partial charge >= 0.3 is 0 Å². The molecule has 0 aliphatic heterocycles. The summed E-state index contributed by atoms with van der Waals surface area (Å²) in [4.78, 5) is 32.3. The summed E-state index contributed by atoms with van der Waals surface area (Å²) in [7, 11) is 1.89. The lowest BCUT2D eigenvalue weighted by Gasteiger charge is -2.31. The molecule has 1 aromatic heterocycles. The molecule has 1 aromatic carbocycles. The van der Waals surface area contributed by atoms with Gasteiger partial charge in [0.2, 0.25) is 5.91 Å². The Morgan fingerprint density at radius 2 is 2.15 bits per heavy atom. The number of aryl methyl sites for hydroxylation is 1. The van der Waals surface area contributed by atoms with E-state index in [0.29, 0.717) is 18.7 Å². The fourth-order valence-corrected chi connectivity index (χ4v) is 4.28. The summed E-state index contributed by atoms with van der Waals surface area (Å²) in [5.41, 5.74) is 1.23. The van der Waals surface area contributed by atoms with Gasteiger partial charge in [-0.15, -0.1) is 10.1 Å². The Bertz CT molecular complexity index is 978. The molecule has 1 saturated carbocycles. The number of benzene rings is 1. The number of fused-ring (bicyclic) bond motifs is 1. The van der Waals surface area contributed by atoms with Crippen LogP contribution in [0.3, 0.4) is 0 Å². The number of hydrogen-bond acceptors (Lipinski definition) is 8. The average molecular weight is 478 g/mol. The molecule has 0 bridgehead atoms. The van der Waals surface area contributed by atoms with Crippen LogP contribution < -0.4 is 15.4 Å². The predicted molar refractivity (Wildman–Crippen MR) is 126 cm³/mol. The molecule has 0 radical (unpaired) electrons. The maximum absolute atomic E-state index is 12.5. The molecular formula is C23H35N5O6. The third-order valence-corrected chi connectivity index (χ3v) is 6.18. The van der Waals surface area contributed by atoms with Crippen molar-refractivity contribution in [2.45, 2.75) is 63.7 Å². The molecule has 3 atom stereocenters. The van der Waals surface area contributed by atoms with Crippen LogP contribution in [0.4, 0.5) is 0 Å². The Morgan fingerprint density at radius 1 is 1.38 bits per heavy atom. The summed E-state index contributed by atoms with van der Waals surface area (Å²) in [6, 6.07) is 5.61. The van der Waals surface area contributed by atoms with E-state index < -0.39 is 22.8 Å². The van der Waals surface area contributed by atoms with E-state index in [4.69, 9.17) is 9.57 Å². The lowest BCUT2D eigenvalue weighted by Crippen LogP contribution is -2.52. The second kappa shape index (κ2) is 11.5. The number of aliphatic hydroxyl groups is 1. The van der Waals surface area contributed by atoms with E-state index >= 15 is 0 Å². The average Bonchev–Trinajstić information content (AvgIpc) is 3.17. The third kappa shape index (κ3) is 7.29. The molecule has 3 unspecified atom stereocenters. The number of nitrogens with one attached hydrogen (secondary N) is 2. The first kappa shape index (κ1) is 25.7. The quantitative estimate of drug-likeness (QED) is 0.311. The summed E-state index contributed by atoms with van der Waals surface area (Å²) in [5, 5.41) is 26.5. The number of rotatable bonds is 12. The Kier molecular flexibility index (Phi) is 8.67. The molecule has 1 aliphatic rings. The molecule has 2 aromatic rings. The highest BCUT2D eigenvalue weighted by Crippen LogP contribution is 2.29. The Morgan fingerprint density at radius 3 is 2.91 bits per heavy atom. The summed E-state index contributed by atoms with van der Waals surface area (Å²) in [6.07, 6.45) is 3.80. The van der Waals surface area contributed by atoms with Gasteiger partial charge in [-0.1, -0.05) is 18.9 Å². The smallest absolute Gasteiger partial charge is 0.294 e. The van der Waals surface area contributed by atoms with Crippen LogP contribution in [0, 0.1) is 16.0 Å². The Balaban J connectivity index is 1.40. The Labute approximate surface area is 198 Å². The molecule has 1 aliphatic carbocycles. The van der Waals surface area contributed by atoms with Crippen molar-refractivity contribution >= 4 is 16.9 Å². The first-order valence-electron chi connectivity index (χ1n) is 11.7. The largest absolute Gasteiger partial charge is 0.489 e. The number of aliphatic hydroxyl groups excluding tert-OH is 1. The van der Waals surface area contributed by atoms with Gasteiger partial charge in [0.25, 0.3) is 5.09 Å². The van der Waals surface area contributed by atoms with Crippen molar-refractivity contribution in [2.75, 3.05) is 19.7 Å². The molecule has 188 valence electrons. The fourth-order valence-electron chi connectivity index (χ4n) is 4.28. The SMILES string of the molecule is Cn1cnc2cccc(OCC(O)CNC(C)(C)CNC(=O)CC3CCCCC3O[N+](=O)[O-])c21. The van der Waals surface area contributed by atoms with E-state index in [1.54, 1.807) is 6.33 Å². The maximum Gasteiger partial charge on any atom is 0.294 e. The minimum atomic E-state index is -0.764. The minimum absolute atomic E-state index is 0.110. The van der Waals surface area contributed by atoms with Gasteiger partial charge in [-0.05, 0) is 44.7 Å². The fraction of sp³-hybridized carbons (Fsp3) is 0.652. The van der Waals surface area contributed by atoms with Gasteiger partial charge < -0.3 is 29.9 Å². The summed E-state index contributed by atoms with van der Waals surface area (Å²) < 4.78 is 7.70. The lowest BCUT2D eigenvalue weighted by molar-refractivity contribution is -0.771. The van der Waals surface area contributed by atoms with Gasteiger partial charge in [-0.2, -0.15) is 0 Å². The van der Waals surface area contributed by atoms with Crippen molar-refractivity contribution in [2.24, 2.45) is 13.0 Å². The number of hydrogen-bond donors (Lipinski definition) is 3. The van der Waals surface area contributed by atoms with Crippen molar-refractivity contribution in [1.82, 2.24) is 20.2 Å². The standard InChI is InChI=1S/C23H35N5O6/c1-23(2,14-24-21(30)11-16-7-4-5-9-19(16)34-28(31)32)26-12-17(29)13-33-20-10-6-8-18-22(20)27(3)15-25-18/h6,8,10,15-17,19,26,29H,4-5,7,9,11-14H2,1-3H3,(H,24,30). The zero-order valence-electron chi connectivity index (χ0n) is 20.0. The first-order valence-corrected chi connectivity index (χ1v) is 11.7. The second-order valence-corrected chi connectivity index (χ2v) is 9.60. The molecule has 1 amide bonds. The van der Waals surface area contributed by atoms with Gasteiger partial charge in [0.1, 0.15) is 30.1 Å². The zero-order valence-corrected chi connectivity index (χ0v) is 20.0. The van der Waals surface area contributed by atoms with Crippen molar-refractivity contribution < 1.29 is 24.6 Å². The summed E-state index contributed by atoms with van der Waals surface area (Å²) in [6.45, 7) is 4.60. The van der Waals surface area contributed by atoms with Crippen LogP contribution >= 0.6 is 0 Å². The van der Waals surface area contributed by atoms with E-state index in [9.17, 15) is 20.0 Å². The number of carbonyl (C=O) groups excluding carboxylic acids is 1. The first-order chi connectivity index (χ1) is 16.1. The molecule has 0 saturated heterocycles. The zero-order chi connectivity index (χ0) is 24.7. The van der Waals surface area contributed by atoms with Gasteiger partial charge in [0.15, 0.2) is 0 Å². The van der Waals surface area contributed by atoms with Crippen molar-refractivity contribution in [3.05, 3.63) is 34.6 Å². The molecule has 0 spiro atoms. The van der Waals surface area contributed by atoms with Crippen LogP contribution in [0.25, 0.3) is 11.0 Å². The predicted octanol–water partition coefficient (Wildman–Crippen LogP) is 1.95. The van der Waals surface area contributed by atoms with Crippen LogP contribution in [0.5, 0.6) is 5.75 Å². The molecule has 3 rings (SSSR count). The molecule has 1 fully saturated rings. The third-order valence-electron chi connectivity index (χ3n) is 6.18. The van der Waals surface area contributed by atoms with Gasteiger partial charge in [-0.25, -0.2) is 4.98 Å². The van der Waals surface area contributed by atoms with Crippen LogP contribution in [0.1, 0.15) is 46.0 Å². The van der Waals surface area contributed by atoms with E-state index in [0.717, 1.165) is 30.3 Å². The van der Waals surface area contributed by atoms with Crippen molar-refractivity contribution in [3.63, 3.8) is 0 Å². The number of aromatic nitrogens is 2. The number of β-amino-alcohol motifs (C(OH)–C–C–N with tert-alkyl or cyclic N) is 1. The van der Waals surface area contributed by atoms with Crippen molar-refractivity contribution in [3.8, 4) is 5.75 Å². The number of imidazole rings is 1. The molecule has 34 heavy (non-hydrogen) atoms. The van der Waals surface area contributed by atoms with Gasteiger partial charge in [0, 0.05) is 32.1 Å². The number of nitrogens with zero attached hydrogens (tertiary/aromatic N) is 3. The molecule has 3 N–H and O–H groups in total. The lowest BCUT2D eigenvalue weighted by atomic mass is 9.84. The monoisotopic (exact) mass is 477 g/mol. The topological polar surface area (TPSA) is 141 Å². The minimum Gasteiger partial charge on any atom is -0.489 e. The second-order valence-electron chi connectivity index (χ2n) is 9.60. The van der Waals surface area contributed by atoms with Gasteiger partial charge in [-0.3, -0.25) is 4.79 Å². The normalized spacial score (nSPS) is 19.5. The highest BCUT2D eigenvalue weighted by atomic mass is 17.0.